The monoisotopic (exact) mass is 389 g/mol. The fraction of sp³-hybridized carbons (Fsp3) is 0.312. The number of anilines is 2. The standard InChI is InChI=1S/C16H15ClF3N3O3/c1-9-7-14(22-26-9)23(10(2)24)6-5-15(25)21-13-4-3-11(17)8-12(13)16(18,19)20/h3-4,7-8H,5-6H2,1-2H3,(H,21,25). The lowest BCUT2D eigenvalue weighted by Crippen LogP contribution is -2.32. The minimum absolute atomic E-state index is 0.0674. The summed E-state index contributed by atoms with van der Waals surface area (Å²) in [6.07, 6.45) is -4.90. The van der Waals surface area contributed by atoms with Crippen LogP contribution in [0.15, 0.2) is 28.8 Å². The molecule has 0 saturated carbocycles. The van der Waals surface area contributed by atoms with Gasteiger partial charge in [-0.25, -0.2) is 0 Å². The van der Waals surface area contributed by atoms with Crippen LogP contribution in [0, 0.1) is 6.92 Å². The second-order valence-corrected chi connectivity index (χ2v) is 5.89. The molecule has 1 aromatic heterocycles. The van der Waals surface area contributed by atoms with E-state index in [9.17, 15) is 22.8 Å². The van der Waals surface area contributed by atoms with Gasteiger partial charge >= 0.3 is 6.18 Å². The molecule has 2 rings (SSSR count). The Kier molecular flexibility index (Phi) is 5.91. The lowest BCUT2D eigenvalue weighted by molar-refractivity contribution is -0.137. The van der Waals surface area contributed by atoms with Crippen molar-refractivity contribution in [1.29, 1.82) is 0 Å². The summed E-state index contributed by atoms with van der Waals surface area (Å²) in [7, 11) is 0. The Morgan fingerprint density at radius 2 is 2.00 bits per heavy atom. The summed E-state index contributed by atoms with van der Waals surface area (Å²) >= 11 is 5.59. The molecule has 2 aromatic rings. The van der Waals surface area contributed by atoms with Crippen molar-refractivity contribution in [2.45, 2.75) is 26.4 Å². The van der Waals surface area contributed by atoms with E-state index in [0.717, 1.165) is 12.1 Å². The number of carbonyl (C=O) groups is 2. The molecular formula is C16H15ClF3N3O3. The molecule has 0 aliphatic carbocycles. The SMILES string of the molecule is CC(=O)N(CCC(=O)Nc1ccc(Cl)cc1C(F)(F)F)c1cc(C)on1. The Balaban J connectivity index is 2.08. The molecule has 1 heterocycles. The quantitative estimate of drug-likeness (QED) is 0.837. The first-order valence-corrected chi connectivity index (χ1v) is 7.83. The molecule has 0 radical (unpaired) electrons. The molecule has 2 amide bonds. The molecule has 26 heavy (non-hydrogen) atoms. The maximum absolute atomic E-state index is 13.0. The summed E-state index contributed by atoms with van der Waals surface area (Å²) in [5, 5.41) is 5.79. The predicted octanol–water partition coefficient (Wildman–Crippen LogP) is 4.04. The van der Waals surface area contributed by atoms with Gasteiger partial charge in [0.15, 0.2) is 5.82 Å². The summed E-state index contributed by atoms with van der Waals surface area (Å²) < 4.78 is 44.0. The highest BCUT2D eigenvalue weighted by Crippen LogP contribution is 2.36. The maximum Gasteiger partial charge on any atom is 0.418 e. The number of alkyl halides is 3. The molecule has 140 valence electrons. The Labute approximate surface area is 151 Å². The third-order valence-corrected chi connectivity index (χ3v) is 3.63. The zero-order chi connectivity index (χ0) is 19.5. The van der Waals surface area contributed by atoms with Gasteiger partial charge in [0.25, 0.3) is 0 Å². The van der Waals surface area contributed by atoms with Gasteiger partial charge in [0.2, 0.25) is 11.8 Å². The molecule has 0 aliphatic heterocycles. The van der Waals surface area contributed by atoms with E-state index in [1.165, 1.54) is 24.0 Å². The fourth-order valence-electron chi connectivity index (χ4n) is 2.20. The summed E-state index contributed by atoms with van der Waals surface area (Å²) in [5.74, 6) is -0.366. The third-order valence-electron chi connectivity index (χ3n) is 3.40. The molecule has 6 nitrogen and oxygen atoms in total. The fourth-order valence-corrected chi connectivity index (χ4v) is 2.37. The Morgan fingerprint density at radius 1 is 1.31 bits per heavy atom. The first-order valence-electron chi connectivity index (χ1n) is 7.46. The van der Waals surface area contributed by atoms with Gasteiger partial charge in [-0.3, -0.25) is 14.5 Å². The number of aromatic nitrogens is 1. The van der Waals surface area contributed by atoms with Crippen molar-refractivity contribution in [3.63, 3.8) is 0 Å². The van der Waals surface area contributed by atoms with Crippen molar-refractivity contribution in [3.8, 4) is 0 Å². The van der Waals surface area contributed by atoms with Gasteiger partial charge in [0.05, 0.1) is 11.3 Å². The normalized spacial score (nSPS) is 11.3. The summed E-state index contributed by atoms with van der Waals surface area (Å²) in [6, 6.07) is 4.57. The Morgan fingerprint density at radius 3 is 2.54 bits per heavy atom. The van der Waals surface area contributed by atoms with Gasteiger partial charge < -0.3 is 9.84 Å². The topological polar surface area (TPSA) is 75.4 Å². The highest BCUT2D eigenvalue weighted by Gasteiger charge is 2.34. The highest BCUT2D eigenvalue weighted by atomic mass is 35.5. The van der Waals surface area contributed by atoms with Gasteiger partial charge in [-0.2, -0.15) is 13.2 Å². The molecule has 0 atom stereocenters. The van der Waals surface area contributed by atoms with E-state index in [2.05, 4.69) is 10.5 Å². The summed E-state index contributed by atoms with van der Waals surface area (Å²) in [5.41, 5.74) is -1.45. The molecule has 0 bridgehead atoms. The van der Waals surface area contributed by atoms with E-state index >= 15 is 0 Å². The molecule has 0 fully saturated rings. The van der Waals surface area contributed by atoms with Crippen LogP contribution in [0.5, 0.6) is 0 Å². The number of nitrogens with zero attached hydrogens (tertiary/aromatic N) is 2. The number of carbonyl (C=O) groups excluding carboxylic acids is 2. The average molecular weight is 390 g/mol. The Bertz CT molecular complexity index is 821. The van der Waals surface area contributed by atoms with Crippen LogP contribution in [-0.4, -0.2) is 23.5 Å². The minimum atomic E-state index is -4.67. The number of benzene rings is 1. The van der Waals surface area contributed by atoms with Crippen molar-refractivity contribution < 1.29 is 27.3 Å². The van der Waals surface area contributed by atoms with Crippen LogP contribution in [0.2, 0.25) is 5.02 Å². The highest BCUT2D eigenvalue weighted by molar-refractivity contribution is 6.30. The number of nitrogens with one attached hydrogen (secondary N) is 1. The van der Waals surface area contributed by atoms with Crippen molar-refractivity contribution >= 4 is 34.9 Å². The zero-order valence-corrected chi connectivity index (χ0v) is 14.6. The lowest BCUT2D eigenvalue weighted by atomic mass is 10.1. The lowest BCUT2D eigenvalue weighted by Gasteiger charge is -2.18. The first kappa shape index (κ1) is 19.8. The Hall–Kier alpha value is -2.55. The van der Waals surface area contributed by atoms with Crippen LogP contribution in [0.3, 0.4) is 0 Å². The van der Waals surface area contributed by atoms with E-state index in [4.69, 9.17) is 16.1 Å². The minimum Gasteiger partial charge on any atom is -0.360 e. The first-order chi connectivity index (χ1) is 12.1. The van der Waals surface area contributed by atoms with Crippen molar-refractivity contribution in [1.82, 2.24) is 5.16 Å². The van der Waals surface area contributed by atoms with E-state index in [0.29, 0.717) is 5.76 Å². The predicted molar refractivity (Wildman–Crippen MR) is 89.0 cm³/mol. The summed E-state index contributed by atoms with van der Waals surface area (Å²) in [6.45, 7) is 2.85. The molecule has 0 aliphatic rings. The molecular weight excluding hydrogens is 375 g/mol. The molecule has 1 aromatic carbocycles. The second kappa shape index (κ2) is 7.77. The summed E-state index contributed by atoms with van der Waals surface area (Å²) in [4.78, 5) is 24.9. The largest absolute Gasteiger partial charge is 0.418 e. The van der Waals surface area contributed by atoms with Gasteiger partial charge in [-0.1, -0.05) is 16.8 Å². The number of rotatable bonds is 5. The smallest absolute Gasteiger partial charge is 0.360 e. The average Bonchev–Trinajstić information content (AvgIpc) is 2.94. The van der Waals surface area contributed by atoms with Crippen molar-refractivity contribution in [3.05, 3.63) is 40.6 Å². The maximum atomic E-state index is 13.0. The van der Waals surface area contributed by atoms with E-state index in [1.54, 1.807) is 6.92 Å². The molecule has 10 heteroatoms. The molecule has 0 spiro atoms. The molecule has 0 saturated heterocycles. The van der Waals surface area contributed by atoms with E-state index in [-0.39, 0.29) is 29.7 Å². The third kappa shape index (κ3) is 4.98. The van der Waals surface area contributed by atoms with Crippen LogP contribution in [0.1, 0.15) is 24.7 Å². The van der Waals surface area contributed by atoms with Crippen LogP contribution < -0.4 is 10.2 Å². The number of amides is 2. The van der Waals surface area contributed by atoms with Crippen LogP contribution in [0.25, 0.3) is 0 Å². The van der Waals surface area contributed by atoms with Gasteiger partial charge in [0, 0.05) is 31.0 Å². The van der Waals surface area contributed by atoms with Gasteiger partial charge in [0.1, 0.15) is 5.76 Å². The van der Waals surface area contributed by atoms with Crippen LogP contribution >= 0.6 is 11.6 Å². The second-order valence-electron chi connectivity index (χ2n) is 5.45. The van der Waals surface area contributed by atoms with Crippen LogP contribution in [0.4, 0.5) is 24.7 Å². The van der Waals surface area contributed by atoms with Crippen molar-refractivity contribution in [2.24, 2.45) is 0 Å². The number of halogens is 4. The van der Waals surface area contributed by atoms with Crippen LogP contribution in [-0.2, 0) is 15.8 Å². The van der Waals surface area contributed by atoms with Gasteiger partial charge in [-0.15, -0.1) is 0 Å². The number of hydrogen-bond acceptors (Lipinski definition) is 4. The number of hydrogen-bond donors (Lipinski definition) is 1. The zero-order valence-electron chi connectivity index (χ0n) is 13.9. The van der Waals surface area contributed by atoms with Crippen molar-refractivity contribution in [2.75, 3.05) is 16.8 Å². The van der Waals surface area contributed by atoms with E-state index < -0.39 is 23.3 Å². The van der Waals surface area contributed by atoms with Gasteiger partial charge in [-0.05, 0) is 25.1 Å². The van der Waals surface area contributed by atoms with E-state index in [1.807, 2.05) is 0 Å². The molecule has 0 unspecified atom stereocenters. The molecule has 1 N–H and O–H groups in total. The number of aryl methyl sites for hydroxylation is 1.